The first-order valence-corrected chi connectivity index (χ1v) is 6.15. The molecule has 0 aliphatic rings. The van der Waals surface area contributed by atoms with Gasteiger partial charge in [-0.15, -0.1) is 0 Å². The molecule has 0 saturated heterocycles. The monoisotopic (exact) mass is 253 g/mol. The molecule has 0 heterocycles. The quantitative estimate of drug-likeness (QED) is 0.571. The Kier molecular flexibility index (Phi) is 5.95. The van der Waals surface area contributed by atoms with Crippen molar-refractivity contribution in [2.24, 2.45) is 0 Å². The molecule has 0 fully saturated rings. The lowest BCUT2D eigenvalue weighted by atomic mass is 10.1. The smallest absolute Gasteiger partial charge is 0.119 e. The fourth-order valence-electron chi connectivity index (χ4n) is 1.30. The van der Waals surface area contributed by atoms with Crippen LogP contribution in [0.4, 0.5) is 5.69 Å². The van der Waals surface area contributed by atoms with Crippen molar-refractivity contribution in [1.82, 2.24) is 0 Å². The van der Waals surface area contributed by atoms with E-state index in [-0.39, 0.29) is 5.60 Å². The average molecular weight is 253 g/mol. The summed E-state index contributed by atoms with van der Waals surface area (Å²) in [6.07, 6.45) is 0.866. The van der Waals surface area contributed by atoms with Crippen LogP contribution in [0.1, 0.15) is 20.3 Å². The van der Waals surface area contributed by atoms with E-state index in [9.17, 15) is 0 Å². The predicted octanol–water partition coefficient (Wildman–Crippen LogP) is 2.48. The van der Waals surface area contributed by atoms with Gasteiger partial charge in [0.1, 0.15) is 12.4 Å². The van der Waals surface area contributed by atoms with Gasteiger partial charge in [0.05, 0.1) is 12.2 Å². The molecule has 1 rings (SSSR count). The zero-order chi connectivity index (χ0) is 13.4. The number of nitrogen functional groups attached to an aromatic ring is 1. The molecule has 1 aromatic carbocycles. The van der Waals surface area contributed by atoms with Crippen molar-refractivity contribution < 1.29 is 14.2 Å². The number of nitrogens with two attached hydrogens (primary N) is 1. The molecule has 4 nitrogen and oxygen atoms in total. The number of methoxy groups -OCH3 is 1. The molecule has 18 heavy (non-hydrogen) atoms. The average Bonchev–Trinajstić information content (AvgIpc) is 2.36. The Labute approximate surface area is 109 Å². The van der Waals surface area contributed by atoms with Gasteiger partial charge in [0.25, 0.3) is 0 Å². The van der Waals surface area contributed by atoms with Crippen molar-refractivity contribution in [3.63, 3.8) is 0 Å². The third-order valence-electron chi connectivity index (χ3n) is 2.78. The first-order chi connectivity index (χ1) is 8.53. The molecule has 0 aliphatic carbocycles. The zero-order valence-electron chi connectivity index (χ0n) is 11.4. The highest BCUT2D eigenvalue weighted by Crippen LogP contribution is 2.13. The topological polar surface area (TPSA) is 53.7 Å². The van der Waals surface area contributed by atoms with Crippen LogP contribution >= 0.6 is 0 Å². The summed E-state index contributed by atoms with van der Waals surface area (Å²) in [4.78, 5) is 0. The van der Waals surface area contributed by atoms with E-state index < -0.39 is 0 Å². The standard InChI is InChI=1S/C14H23NO3/c1-14(2,16-3)8-9-17-10-11-18-13-6-4-12(15)5-7-13/h4-7H,8-11,15H2,1-3H3. The Balaban J connectivity index is 2.07. The van der Waals surface area contributed by atoms with Crippen molar-refractivity contribution in [2.45, 2.75) is 25.9 Å². The number of benzene rings is 1. The van der Waals surface area contributed by atoms with Crippen LogP contribution in [0.15, 0.2) is 24.3 Å². The van der Waals surface area contributed by atoms with E-state index in [4.69, 9.17) is 19.9 Å². The maximum atomic E-state index is 5.58. The van der Waals surface area contributed by atoms with Gasteiger partial charge in [0, 0.05) is 19.4 Å². The molecule has 0 aromatic heterocycles. The van der Waals surface area contributed by atoms with E-state index in [1.54, 1.807) is 7.11 Å². The van der Waals surface area contributed by atoms with Gasteiger partial charge in [-0.1, -0.05) is 0 Å². The lowest BCUT2D eigenvalue weighted by Crippen LogP contribution is -2.24. The van der Waals surface area contributed by atoms with Crippen molar-refractivity contribution in [3.8, 4) is 5.75 Å². The largest absolute Gasteiger partial charge is 0.491 e. The lowest BCUT2D eigenvalue weighted by molar-refractivity contribution is -0.0128. The van der Waals surface area contributed by atoms with Gasteiger partial charge in [-0.05, 0) is 44.5 Å². The second-order valence-electron chi connectivity index (χ2n) is 4.74. The van der Waals surface area contributed by atoms with Crippen molar-refractivity contribution in [3.05, 3.63) is 24.3 Å². The molecular formula is C14H23NO3. The fourth-order valence-corrected chi connectivity index (χ4v) is 1.30. The Morgan fingerprint density at radius 2 is 1.72 bits per heavy atom. The maximum absolute atomic E-state index is 5.58. The van der Waals surface area contributed by atoms with Crippen molar-refractivity contribution in [2.75, 3.05) is 32.7 Å². The minimum atomic E-state index is -0.127. The third-order valence-corrected chi connectivity index (χ3v) is 2.78. The predicted molar refractivity (Wildman–Crippen MR) is 72.9 cm³/mol. The molecule has 2 N–H and O–H groups in total. The summed E-state index contributed by atoms with van der Waals surface area (Å²) in [5, 5.41) is 0. The number of anilines is 1. The first kappa shape index (κ1) is 14.8. The second-order valence-corrected chi connectivity index (χ2v) is 4.74. The molecular weight excluding hydrogens is 230 g/mol. The summed E-state index contributed by atoms with van der Waals surface area (Å²) >= 11 is 0. The zero-order valence-corrected chi connectivity index (χ0v) is 11.4. The minimum absolute atomic E-state index is 0.127. The SMILES string of the molecule is COC(C)(C)CCOCCOc1ccc(N)cc1. The molecule has 0 spiro atoms. The Morgan fingerprint density at radius 1 is 1.06 bits per heavy atom. The molecule has 102 valence electrons. The lowest BCUT2D eigenvalue weighted by Gasteiger charge is -2.22. The van der Waals surface area contributed by atoms with Gasteiger partial charge < -0.3 is 19.9 Å². The Morgan fingerprint density at radius 3 is 2.33 bits per heavy atom. The molecule has 0 saturated carbocycles. The minimum Gasteiger partial charge on any atom is -0.491 e. The van der Waals surface area contributed by atoms with Crippen LogP contribution in [-0.2, 0) is 9.47 Å². The summed E-state index contributed by atoms with van der Waals surface area (Å²) in [7, 11) is 1.71. The van der Waals surface area contributed by atoms with Crippen LogP contribution in [0.3, 0.4) is 0 Å². The highest BCUT2D eigenvalue weighted by molar-refractivity contribution is 5.41. The normalized spacial score (nSPS) is 11.5. The highest BCUT2D eigenvalue weighted by Gasteiger charge is 2.15. The summed E-state index contributed by atoms with van der Waals surface area (Å²) in [5.41, 5.74) is 6.19. The molecule has 0 amide bonds. The van der Waals surface area contributed by atoms with E-state index in [2.05, 4.69) is 0 Å². The van der Waals surface area contributed by atoms with Crippen LogP contribution in [0.5, 0.6) is 5.75 Å². The molecule has 0 aliphatic heterocycles. The summed E-state index contributed by atoms with van der Waals surface area (Å²) in [6.45, 7) is 5.87. The first-order valence-electron chi connectivity index (χ1n) is 6.15. The second kappa shape index (κ2) is 7.24. The Bertz CT molecular complexity index is 335. The van der Waals surface area contributed by atoms with Gasteiger partial charge in [0.15, 0.2) is 0 Å². The molecule has 0 bridgehead atoms. The van der Waals surface area contributed by atoms with E-state index >= 15 is 0 Å². The van der Waals surface area contributed by atoms with E-state index in [0.29, 0.717) is 19.8 Å². The summed E-state index contributed by atoms with van der Waals surface area (Å²) < 4.78 is 16.3. The summed E-state index contributed by atoms with van der Waals surface area (Å²) in [5.74, 6) is 0.810. The van der Waals surface area contributed by atoms with Gasteiger partial charge in [-0.25, -0.2) is 0 Å². The van der Waals surface area contributed by atoms with Crippen LogP contribution in [0.2, 0.25) is 0 Å². The fraction of sp³-hybridized carbons (Fsp3) is 0.571. The van der Waals surface area contributed by atoms with Crippen LogP contribution < -0.4 is 10.5 Å². The third kappa shape index (κ3) is 5.89. The number of hydrogen-bond acceptors (Lipinski definition) is 4. The van der Waals surface area contributed by atoms with E-state index in [1.165, 1.54) is 0 Å². The van der Waals surface area contributed by atoms with E-state index in [1.807, 2.05) is 38.1 Å². The van der Waals surface area contributed by atoms with Crippen molar-refractivity contribution in [1.29, 1.82) is 0 Å². The Hall–Kier alpha value is -1.26. The van der Waals surface area contributed by atoms with Gasteiger partial charge >= 0.3 is 0 Å². The maximum Gasteiger partial charge on any atom is 0.119 e. The van der Waals surface area contributed by atoms with Crippen LogP contribution in [0.25, 0.3) is 0 Å². The van der Waals surface area contributed by atoms with Crippen LogP contribution in [-0.4, -0.2) is 32.5 Å². The van der Waals surface area contributed by atoms with E-state index in [0.717, 1.165) is 17.9 Å². The number of ether oxygens (including phenoxy) is 3. The van der Waals surface area contributed by atoms with Crippen LogP contribution in [0, 0.1) is 0 Å². The molecule has 0 radical (unpaired) electrons. The molecule has 1 aromatic rings. The summed E-state index contributed by atoms with van der Waals surface area (Å²) in [6, 6.07) is 7.33. The highest BCUT2D eigenvalue weighted by atomic mass is 16.5. The van der Waals surface area contributed by atoms with Gasteiger partial charge in [-0.3, -0.25) is 0 Å². The van der Waals surface area contributed by atoms with Gasteiger partial charge in [-0.2, -0.15) is 0 Å². The molecule has 4 heteroatoms. The molecule has 0 atom stereocenters. The van der Waals surface area contributed by atoms with Crippen molar-refractivity contribution >= 4 is 5.69 Å². The number of rotatable bonds is 8. The molecule has 0 unspecified atom stereocenters. The number of hydrogen-bond donors (Lipinski definition) is 1. The van der Waals surface area contributed by atoms with Gasteiger partial charge in [0.2, 0.25) is 0 Å².